The van der Waals surface area contributed by atoms with Crippen LogP contribution in [0.2, 0.25) is 0 Å². The monoisotopic (exact) mass is 471 g/mol. The van der Waals surface area contributed by atoms with E-state index in [2.05, 4.69) is 10.6 Å². The summed E-state index contributed by atoms with van der Waals surface area (Å²) < 4.78 is 35.4. The highest BCUT2D eigenvalue weighted by molar-refractivity contribution is 6.05. The summed E-state index contributed by atoms with van der Waals surface area (Å²) in [5.41, 5.74) is 1.80. The van der Waals surface area contributed by atoms with E-state index in [1.54, 1.807) is 44.2 Å². The van der Waals surface area contributed by atoms with E-state index >= 15 is 0 Å². The Kier molecular flexibility index (Phi) is 6.65. The Morgan fingerprint density at radius 1 is 1.18 bits per heavy atom. The lowest BCUT2D eigenvalue weighted by atomic mass is 10.0. The molecule has 0 bridgehead atoms. The number of benzene rings is 2. The van der Waals surface area contributed by atoms with Gasteiger partial charge in [0.15, 0.2) is 0 Å². The number of piperidine rings is 1. The minimum atomic E-state index is -3.14. The fraction of sp³-hybridized carbons (Fsp3) is 0.400. The number of carbonyl (C=O) groups is 3. The van der Waals surface area contributed by atoms with Crippen molar-refractivity contribution in [2.24, 2.45) is 0 Å². The van der Waals surface area contributed by atoms with E-state index in [-0.39, 0.29) is 55.2 Å². The molecule has 1 saturated heterocycles. The van der Waals surface area contributed by atoms with Crippen molar-refractivity contribution in [1.29, 1.82) is 0 Å². The summed E-state index contributed by atoms with van der Waals surface area (Å²) >= 11 is 0. The van der Waals surface area contributed by atoms with E-state index in [1.807, 2.05) is 0 Å². The summed E-state index contributed by atoms with van der Waals surface area (Å²) in [7, 11) is 0. The zero-order valence-corrected chi connectivity index (χ0v) is 19.1. The molecular formula is C25H27F2N3O4. The molecule has 2 N–H and O–H groups in total. The first-order chi connectivity index (χ1) is 16.2. The smallest absolute Gasteiger partial charge is 0.288 e. The molecule has 2 aromatic carbocycles. The Hall–Kier alpha value is -3.33. The standard InChI is InChI=1S/C25H27F2N3O4/c1-15(2)34-21-6-4-3-5-19(21)25(26,27)14-28-12-16-7-8-18-17(11-16)13-30(24(18)33)20-9-10-22(31)29-23(20)32/h3-8,11,15,20,28H,9-10,12-14H2,1-2H3,(H,29,31,32). The molecule has 180 valence electrons. The van der Waals surface area contributed by atoms with Crippen molar-refractivity contribution in [1.82, 2.24) is 15.5 Å². The predicted octanol–water partition coefficient (Wildman–Crippen LogP) is 3.12. The van der Waals surface area contributed by atoms with E-state index in [0.717, 1.165) is 11.1 Å². The number of rotatable bonds is 8. The maximum Gasteiger partial charge on any atom is 0.288 e. The van der Waals surface area contributed by atoms with Crippen molar-refractivity contribution in [3.8, 4) is 5.75 Å². The van der Waals surface area contributed by atoms with Crippen molar-refractivity contribution >= 4 is 17.7 Å². The van der Waals surface area contributed by atoms with Crippen LogP contribution >= 0.6 is 0 Å². The third-order valence-electron chi connectivity index (χ3n) is 5.91. The third-order valence-corrected chi connectivity index (χ3v) is 5.91. The van der Waals surface area contributed by atoms with Crippen LogP contribution in [0.5, 0.6) is 5.75 Å². The van der Waals surface area contributed by atoms with Crippen molar-refractivity contribution in [2.45, 2.75) is 57.8 Å². The number of para-hydroxylation sites is 1. The van der Waals surface area contributed by atoms with Gasteiger partial charge in [0.2, 0.25) is 11.8 Å². The van der Waals surface area contributed by atoms with Gasteiger partial charge in [-0.2, -0.15) is 8.78 Å². The first-order valence-corrected chi connectivity index (χ1v) is 11.3. The Bertz CT molecular complexity index is 1120. The topological polar surface area (TPSA) is 87.7 Å². The van der Waals surface area contributed by atoms with Gasteiger partial charge in [-0.15, -0.1) is 0 Å². The van der Waals surface area contributed by atoms with E-state index in [1.165, 1.54) is 17.0 Å². The molecule has 1 fully saturated rings. The van der Waals surface area contributed by atoms with Gasteiger partial charge in [-0.25, -0.2) is 0 Å². The Labute approximate surface area is 196 Å². The highest BCUT2D eigenvalue weighted by atomic mass is 19.3. The number of amides is 3. The number of halogens is 2. The van der Waals surface area contributed by atoms with Gasteiger partial charge in [0.25, 0.3) is 11.8 Å². The molecule has 0 radical (unpaired) electrons. The minimum absolute atomic E-state index is 0.161. The quantitative estimate of drug-likeness (QED) is 0.578. The molecule has 2 aliphatic heterocycles. The highest BCUT2D eigenvalue weighted by Crippen LogP contribution is 2.35. The van der Waals surface area contributed by atoms with Crippen LogP contribution in [0.1, 0.15) is 53.7 Å². The number of carbonyl (C=O) groups excluding carboxylic acids is 3. The normalized spacial score (nSPS) is 18.3. The number of nitrogens with one attached hydrogen (secondary N) is 2. The van der Waals surface area contributed by atoms with Crippen LogP contribution in [0, 0.1) is 0 Å². The number of alkyl halides is 2. The first-order valence-electron chi connectivity index (χ1n) is 11.3. The van der Waals surface area contributed by atoms with Crippen LogP contribution in [0.3, 0.4) is 0 Å². The minimum Gasteiger partial charge on any atom is -0.490 e. The SMILES string of the molecule is CC(C)Oc1ccccc1C(F)(F)CNCc1ccc2c(c1)CN(C1CCC(=O)NC1=O)C2=O. The molecular weight excluding hydrogens is 444 g/mol. The first kappa shape index (κ1) is 23.8. The Morgan fingerprint density at radius 2 is 1.94 bits per heavy atom. The summed E-state index contributed by atoms with van der Waals surface area (Å²) in [6.45, 7) is 3.41. The Balaban J connectivity index is 1.40. The van der Waals surface area contributed by atoms with Gasteiger partial charge in [-0.1, -0.05) is 24.3 Å². The highest BCUT2D eigenvalue weighted by Gasteiger charge is 2.39. The van der Waals surface area contributed by atoms with Crippen LogP contribution in [0.15, 0.2) is 42.5 Å². The van der Waals surface area contributed by atoms with Crippen molar-refractivity contribution in [3.63, 3.8) is 0 Å². The van der Waals surface area contributed by atoms with Gasteiger partial charge in [-0.3, -0.25) is 19.7 Å². The largest absolute Gasteiger partial charge is 0.490 e. The fourth-order valence-electron chi connectivity index (χ4n) is 4.32. The van der Waals surface area contributed by atoms with Crippen LogP contribution in [0.4, 0.5) is 8.78 Å². The summed E-state index contributed by atoms with van der Waals surface area (Å²) in [4.78, 5) is 37.8. The second-order valence-electron chi connectivity index (χ2n) is 8.86. The lowest BCUT2D eigenvalue weighted by Gasteiger charge is -2.29. The molecule has 34 heavy (non-hydrogen) atoms. The zero-order chi connectivity index (χ0) is 24.5. The number of fused-ring (bicyclic) bond motifs is 1. The average molecular weight is 472 g/mol. The van der Waals surface area contributed by atoms with Crippen LogP contribution in [-0.4, -0.2) is 41.3 Å². The van der Waals surface area contributed by atoms with Gasteiger partial charge >= 0.3 is 0 Å². The van der Waals surface area contributed by atoms with Gasteiger partial charge in [0, 0.05) is 25.1 Å². The third kappa shape index (κ3) is 4.94. The summed E-state index contributed by atoms with van der Waals surface area (Å²) in [6.07, 6.45) is 0.250. The van der Waals surface area contributed by atoms with Crippen LogP contribution in [0.25, 0.3) is 0 Å². The molecule has 0 spiro atoms. The van der Waals surface area contributed by atoms with Crippen molar-refractivity contribution in [3.05, 3.63) is 64.7 Å². The average Bonchev–Trinajstić information content (AvgIpc) is 3.09. The van der Waals surface area contributed by atoms with Gasteiger partial charge in [0.1, 0.15) is 11.8 Å². The lowest BCUT2D eigenvalue weighted by Crippen LogP contribution is -2.52. The van der Waals surface area contributed by atoms with E-state index < -0.39 is 24.4 Å². The summed E-state index contributed by atoms with van der Waals surface area (Å²) in [5.74, 6) is -4.05. The lowest BCUT2D eigenvalue weighted by molar-refractivity contribution is -0.136. The maximum atomic E-state index is 14.9. The maximum absolute atomic E-state index is 14.9. The molecule has 7 nitrogen and oxygen atoms in total. The summed E-state index contributed by atoms with van der Waals surface area (Å²) in [6, 6.07) is 10.6. The molecule has 4 rings (SSSR count). The van der Waals surface area contributed by atoms with E-state index in [9.17, 15) is 23.2 Å². The van der Waals surface area contributed by atoms with Crippen LogP contribution < -0.4 is 15.4 Å². The van der Waals surface area contributed by atoms with Crippen molar-refractivity contribution in [2.75, 3.05) is 6.54 Å². The van der Waals surface area contributed by atoms with E-state index in [0.29, 0.717) is 5.56 Å². The zero-order valence-electron chi connectivity index (χ0n) is 19.1. The molecule has 2 aliphatic rings. The molecule has 0 aliphatic carbocycles. The molecule has 0 saturated carbocycles. The summed E-state index contributed by atoms with van der Waals surface area (Å²) in [5, 5.41) is 5.08. The molecule has 9 heteroatoms. The number of hydrogen-bond donors (Lipinski definition) is 2. The molecule has 1 atom stereocenters. The molecule has 0 aromatic heterocycles. The molecule has 2 heterocycles. The van der Waals surface area contributed by atoms with E-state index in [4.69, 9.17) is 4.74 Å². The second-order valence-corrected chi connectivity index (χ2v) is 8.86. The fourth-order valence-corrected chi connectivity index (χ4v) is 4.32. The van der Waals surface area contributed by atoms with Gasteiger partial charge < -0.3 is 15.0 Å². The van der Waals surface area contributed by atoms with Gasteiger partial charge in [0.05, 0.1) is 18.2 Å². The van der Waals surface area contributed by atoms with Gasteiger partial charge in [-0.05, 0) is 49.6 Å². The molecule has 2 aromatic rings. The number of hydrogen-bond acceptors (Lipinski definition) is 5. The predicted molar refractivity (Wildman–Crippen MR) is 120 cm³/mol. The number of ether oxygens (including phenoxy) is 1. The molecule has 1 unspecified atom stereocenters. The second kappa shape index (κ2) is 9.50. The molecule has 3 amide bonds. The van der Waals surface area contributed by atoms with Crippen LogP contribution in [-0.2, 0) is 28.6 Å². The van der Waals surface area contributed by atoms with Crippen molar-refractivity contribution < 1.29 is 27.9 Å². The number of imide groups is 1. The Morgan fingerprint density at radius 3 is 2.68 bits per heavy atom. The number of nitrogens with zero attached hydrogens (tertiary/aromatic N) is 1.